The van der Waals surface area contributed by atoms with Crippen molar-refractivity contribution in [2.45, 2.75) is 6.42 Å². The van der Waals surface area contributed by atoms with E-state index in [0.29, 0.717) is 0 Å². The first-order valence-electron chi connectivity index (χ1n) is 2.74. The van der Waals surface area contributed by atoms with E-state index < -0.39 is 0 Å². The van der Waals surface area contributed by atoms with Gasteiger partial charge in [-0.1, -0.05) is 22.6 Å². The molecule has 0 spiro atoms. The van der Waals surface area contributed by atoms with Crippen molar-refractivity contribution in [3.8, 4) is 0 Å². The fourth-order valence-corrected chi connectivity index (χ4v) is 0.899. The zero-order valence-corrected chi connectivity index (χ0v) is 7.70. The van der Waals surface area contributed by atoms with E-state index in [2.05, 4.69) is 27.9 Å². The summed E-state index contributed by atoms with van der Waals surface area (Å²) in [6.07, 6.45) is 1.25. The summed E-state index contributed by atoms with van der Waals surface area (Å²) < 4.78 is 1.23. The topological polar surface area (TPSA) is 12.0 Å². The fraction of sp³-hybridized carbons (Fsp3) is 1.00. The molecule has 0 unspecified atom stereocenters. The molecule has 0 fully saturated rings. The second-order valence-electron chi connectivity index (χ2n) is 1.48. The summed E-state index contributed by atoms with van der Waals surface area (Å²) in [4.78, 5) is 0. The van der Waals surface area contributed by atoms with E-state index in [1.807, 2.05) is 0 Å². The maximum Gasteiger partial charge on any atom is 0.0348 e. The molecule has 0 saturated carbocycles. The largest absolute Gasteiger partial charge is 0.316 e. The third kappa shape index (κ3) is 6.98. The highest BCUT2D eigenvalue weighted by atomic mass is 127. The molecule has 0 atom stereocenters. The third-order valence-corrected chi connectivity index (χ3v) is 1.71. The fourth-order valence-electron chi connectivity index (χ4n) is 0.384. The van der Waals surface area contributed by atoms with Crippen molar-refractivity contribution in [1.29, 1.82) is 0 Å². The molecule has 0 aromatic heterocycles. The first-order chi connectivity index (χ1) is 3.91. The molecule has 0 bridgehead atoms. The van der Waals surface area contributed by atoms with Crippen LogP contribution in [0.1, 0.15) is 6.42 Å². The van der Waals surface area contributed by atoms with Crippen molar-refractivity contribution >= 4 is 34.2 Å². The van der Waals surface area contributed by atoms with Crippen LogP contribution < -0.4 is 5.32 Å². The van der Waals surface area contributed by atoms with Gasteiger partial charge in [0.05, 0.1) is 0 Å². The normalized spacial score (nSPS) is 9.75. The molecule has 0 saturated heterocycles. The Morgan fingerprint density at radius 1 is 1.38 bits per heavy atom. The number of nitrogens with one attached hydrogen (secondary N) is 1. The Balaban J connectivity index is 2.53. The Hall–Kier alpha value is 0.980. The Bertz CT molecular complexity index is 37.4. The lowest BCUT2D eigenvalue weighted by molar-refractivity contribution is 0.713. The second kappa shape index (κ2) is 7.98. The van der Waals surface area contributed by atoms with Crippen molar-refractivity contribution in [2.75, 3.05) is 23.4 Å². The van der Waals surface area contributed by atoms with Crippen LogP contribution in [0.5, 0.6) is 0 Å². The van der Waals surface area contributed by atoms with Crippen LogP contribution in [0.15, 0.2) is 0 Å². The van der Waals surface area contributed by atoms with E-state index in [1.165, 1.54) is 10.8 Å². The second-order valence-corrected chi connectivity index (χ2v) is 2.94. The van der Waals surface area contributed by atoms with Crippen molar-refractivity contribution in [3.05, 3.63) is 0 Å². The lowest BCUT2D eigenvalue weighted by atomic mass is 10.5. The molecule has 3 heteroatoms. The van der Waals surface area contributed by atoms with Crippen LogP contribution in [0, 0.1) is 0 Å². The van der Waals surface area contributed by atoms with Gasteiger partial charge >= 0.3 is 0 Å². The van der Waals surface area contributed by atoms with Crippen LogP contribution in [0.2, 0.25) is 0 Å². The summed E-state index contributed by atoms with van der Waals surface area (Å²) >= 11 is 7.78. The van der Waals surface area contributed by atoms with Gasteiger partial charge in [-0.05, 0) is 13.0 Å². The lowest BCUT2D eigenvalue weighted by Crippen LogP contribution is -2.17. The zero-order chi connectivity index (χ0) is 6.24. The maximum atomic E-state index is 5.42. The summed E-state index contributed by atoms with van der Waals surface area (Å²) in [7, 11) is 0. The van der Waals surface area contributed by atoms with E-state index in [1.54, 1.807) is 0 Å². The Morgan fingerprint density at radius 3 is 2.62 bits per heavy atom. The zero-order valence-electron chi connectivity index (χ0n) is 4.79. The number of rotatable bonds is 5. The number of hydrogen-bond acceptors (Lipinski definition) is 1. The molecule has 0 amide bonds. The minimum Gasteiger partial charge on any atom is -0.316 e. The number of halogens is 2. The lowest BCUT2D eigenvalue weighted by Gasteiger charge is -1.96. The van der Waals surface area contributed by atoms with Crippen molar-refractivity contribution in [2.24, 2.45) is 0 Å². The molecule has 50 valence electrons. The molecule has 0 aromatic carbocycles. The van der Waals surface area contributed by atoms with Gasteiger partial charge in [-0.15, -0.1) is 11.6 Å². The van der Waals surface area contributed by atoms with Gasteiger partial charge in [0.1, 0.15) is 0 Å². The van der Waals surface area contributed by atoms with Crippen molar-refractivity contribution < 1.29 is 0 Å². The summed E-state index contributed by atoms with van der Waals surface area (Å²) in [6, 6.07) is 0. The maximum absolute atomic E-state index is 5.42. The molecule has 1 nitrogen and oxygen atoms in total. The van der Waals surface area contributed by atoms with Crippen LogP contribution in [0.3, 0.4) is 0 Å². The molecule has 0 aliphatic carbocycles. The molecule has 0 radical (unpaired) electrons. The van der Waals surface area contributed by atoms with Crippen LogP contribution in [0.4, 0.5) is 0 Å². The van der Waals surface area contributed by atoms with Crippen LogP contribution in [-0.4, -0.2) is 23.4 Å². The van der Waals surface area contributed by atoms with Gasteiger partial charge in [0.15, 0.2) is 0 Å². The van der Waals surface area contributed by atoms with Gasteiger partial charge in [0, 0.05) is 16.9 Å². The molecule has 0 heterocycles. The predicted octanol–water partition coefficient (Wildman–Crippen LogP) is 1.64. The minimum atomic E-state index is 0.723. The molecular weight excluding hydrogens is 236 g/mol. The standard InChI is InChI=1S/C5H11ClIN/c6-2-5-8-4-1-3-7/h8H,1-5H2. The predicted molar refractivity (Wildman–Crippen MR) is 47.1 cm³/mol. The highest BCUT2D eigenvalue weighted by molar-refractivity contribution is 14.1. The number of hydrogen-bond donors (Lipinski definition) is 1. The van der Waals surface area contributed by atoms with E-state index in [0.717, 1.165) is 19.0 Å². The van der Waals surface area contributed by atoms with Gasteiger partial charge in [-0.3, -0.25) is 0 Å². The summed E-state index contributed by atoms with van der Waals surface area (Å²) in [5.41, 5.74) is 0. The van der Waals surface area contributed by atoms with E-state index >= 15 is 0 Å². The van der Waals surface area contributed by atoms with Gasteiger partial charge < -0.3 is 5.32 Å². The van der Waals surface area contributed by atoms with E-state index in [-0.39, 0.29) is 0 Å². The summed E-state index contributed by atoms with van der Waals surface area (Å²) in [5, 5.41) is 3.20. The SMILES string of the molecule is ClCCNCCCI. The summed E-state index contributed by atoms with van der Waals surface area (Å²) in [6.45, 7) is 2.05. The molecule has 0 aliphatic heterocycles. The van der Waals surface area contributed by atoms with Crippen molar-refractivity contribution in [1.82, 2.24) is 5.32 Å². The van der Waals surface area contributed by atoms with Gasteiger partial charge in [-0.25, -0.2) is 0 Å². The van der Waals surface area contributed by atoms with Crippen molar-refractivity contribution in [3.63, 3.8) is 0 Å². The highest BCUT2D eigenvalue weighted by Gasteiger charge is 1.82. The average molecular weight is 248 g/mol. The van der Waals surface area contributed by atoms with Gasteiger partial charge in [-0.2, -0.15) is 0 Å². The Labute approximate surface area is 69.3 Å². The first kappa shape index (κ1) is 8.98. The Kier molecular flexibility index (Phi) is 8.96. The highest BCUT2D eigenvalue weighted by Crippen LogP contribution is 1.84. The third-order valence-electron chi connectivity index (χ3n) is 0.758. The molecular formula is C5H11ClIN. The van der Waals surface area contributed by atoms with E-state index in [4.69, 9.17) is 11.6 Å². The van der Waals surface area contributed by atoms with E-state index in [9.17, 15) is 0 Å². The average Bonchev–Trinajstić information content (AvgIpc) is 1.81. The van der Waals surface area contributed by atoms with Crippen LogP contribution in [-0.2, 0) is 0 Å². The minimum absolute atomic E-state index is 0.723. The molecule has 8 heavy (non-hydrogen) atoms. The number of alkyl halides is 2. The molecule has 0 aliphatic rings. The molecule has 0 rings (SSSR count). The first-order valence-corrected chi connectivity index (χ1v) is 4.80. The molecule has 1 N–H and O–H groups in total. The monoisotopic (exact) mass is 247 g/mol. The summed E-state index contributed by atoms with van der Waals surface area (Å²) in [5.74, 6) is 0.723. The Morgan fingerprint density at radius 2 is 2.12 bits per heavy atom. The van der Waals surface area contributed by atoms with Gasteiger partial charge in [0.25, 0.3) is 0 Å². The smallest absolute Gasteiger partial charge is 0.0348 e. The van der Waals surface area contributed by atoms with Crippen LogP contribution in [0.25, 0.3) is 0 Å². The molecule has 0 aromatic rings. The van der Waals surface area contributed by atoms with Gasteiger partial charge in [0.2, 0.25) is 0 Å². The van der Waals surface area contributed by atoms with Crippen LogP contribution >= 0.6 is 34.2 Å². The quantitative estimate of drug-likeness (QED) is 0.442.